The smallest absolute Gasteiger partial charge is 0.191 e. The van der Waals surface area contributed by atoms with Gasteiger partial charge < -0.3 is 14.8 Å². The zero-order chi connectivity index (χ0) is 20.5. The Balaban J connectivity index is 1.58. The number of rotatable bonds is 7. The number of para-hydroxylation sites is 1. The predicted molar refractivity (Wildman–Crippen MR) is 122 cm³/mol. The second-order valence-corrected chi connectivity index (χ2v) is 6.80. The summed E-state index contributed by atoms with van der Waals surface area (Å²) in [6.45, 7) is 0.352. The molecular weight excluding hydrogens is 406 g/mol. The minimum Gasteiger partial charge on any atom is -0.493 e. The molecule has 3 aromatic rings. The summed E-state index contributed by atoms with van der Waals surface area (Å²) in [7, 11) is 1.59. The summed E-state index contributed by atoms with van der Waals surface area (Å²) >= 11 is 11.4. The predicted octanol–water partition coefficient (Wildman–Crippen LogP) is 5.25. The second kappa shape index (κ2) is 10.5. The van der Waals surface area contributed by atoms with Crippen LogP contribution in [0, 0.1) is 0 Å². The number of nitrogens with zero attached hydrogens (tertiary/aromatic N) is 1. The number of nitrogens with one attached hydrogen (secondary N) is 2. The van der Waals surface area contributed by atoms with Gasteiger partial charge in [-0.05, 0) is 54.2 Å². The number of methoxy groups -OCH3 is 1. The van der Waals surface area contributed by atoms with Gasteiger partial charge in [0, 0.05) is 16.3 Å². The van der Waals surface area contributed by atoms with Crippen molar-refractivity contribution in [2.45, 2.75) is 6.61 Å². The third-order valence-corrected chi connectivity index (χ3v) is 4.50. The zero-order valence-corrected chi connectivity index (χ0v) is 17.3. The van der Waals surface area contributed by atoms with Crippen LogP contribution in [0.2, 0.25) is 5.02 Å². The Morgan fingerprint density at radius 3 is 2.55 bits per heavy atom. The number of hydrogen-bond acceptors (Lipinski definition) is 4. The van der Waals surface area contributed by atoms with Crippen molar-refractivity contribution in [2.75, 3.05) is 12.4 Å². The Kier molecular flexibility index (Phi) is 7.44. The largest absolute Gasteiger partial charge is 0.493 e. The van der Waals surface area contributed by atoms with Gasteiger partial charge in [0.15, 0.2) is 16.6 Å². The molecule has 0 saturated heterocycles. The Bertz CT molecular complexity index is 996. The molecule has 0 fully saturated rings. The molecule has 7 heteroatoms. The average molecular weight is 426 g/mol. The van der Waals surface area contributed by atoms with Crippen molar-refractivity contribution in [3.8, 4) is 11.5 Å². The maximum Gasteiger partial charge on any atom is 0.191 e. The maximum atomic E-state index is 6.17. The van der Waals surface area contributed by atoms with Crippen LogP contribution in [0.5, 0.6) is 11.5 Å². The minimum atomic E-state index is 0.352. The molecule has 29 heavy (non-hydrogen) atoms. The molecule has 0 aliphatic heterocycles. The quantitative estimate of drug-likeness (QED) is 0.307. The van der Waals surface area contributed by atoms with Gasteiger partial charge in [0.25, 0.3) is 0 Å². The second-order valence-electron chi connectivity index (χ2n) is 5.98. The van der Waals surface area contributed by atoms with Gasteiger partial charge in [0.1, 0.15) is 6.61 Å². The first-order chi connectivity index (χ1) is 14.2. The molecule has 0 amide bonds. The molecular formula is C22H20ClN3O2S. The molecule has 3 aromatic carbocycles. The fourth-order valence-electron chi connectivity index (χ4n) is 2.50. The van der Waals surface area contributed by atoms with Crippen LogP contribution in [0.1, 0.15) is 11.1 Å². The van der Waals surface area contributed by atoms with Gasteiger partial charge in [-0.25, -0.2) is 0 Å². The van der Waals surface area contributed by atoms with Crippen LogP contribution in [0.15, 0.2) is 77.9 Å². The summed E-state index contributed by atoms with van der Waals surface area (Å²) in [5.74, 6) is 1.23. The highest BCUT2D eigenvalue weighted by Gasteiger charge is 2.07. The summed E-state index contributed by atoms with van der Waals surface area (Å²) in [6.07, 6.45) is 1.65. The molecule has 0 unspecified atom stereocenters. The average Bonchev–Trinajstić information content (AvgIpc) is 2.74. The topological polar surface area (TPSA) is 54.9 Å². The number of halogens is 1. The molecule has 0 spiro atoms. The molecule has 0 radical (unpaired) electrons. The third-order valence-electron chi connectivity index (χ3n) is 3.94. The molecule has 0 aliphatic carbocycles. The minimum absolute atomic E-state index is 0.352. The summed E-state index contributed by atoms with van der Waals surface area (Å²) in [6, 6.07) is 22.7. The molecule has 148 valence electrons. The lowest BCUT2D eigenvalue weighted by atomic mass is 10.2. The monoisotopic (exact) mass is 425 g/mol. The van der Waals surface area contributed by atoms with Crippen LogP contribution < -0.4 is 20.2 Å². The van der Waals surface area contributed by atoms with E-state index in [-0.39, 0.29) is 0 Å². The van der Waals surface area contributed by atoms with E-state index in [0.29, 0.717) is 28.2 Å². The van der Waals surface area contributed by atoms with E-state index >= 15 is 0 Å². The fraction of sp³-hybridized carbons (Fsp3) is 0.0909. The van der Waals surface area contributed by atoms with Gasteiger partial charge in [0.05, 0.1) is 13.3 Å². The van der Waals surface area contributed by atoms with E-state index in [4.69, 9.17) is 33.3 Å². The number of hydrogen-bond donors (Lipinski definition) is 2. The summed E-state index contributed by atoms with van der Waals surface area (Å²) < 4.78 is 11.3. The highest BCUT2D eigenvalue weighted by molar-refractivity contribution is 7.80. The standard InChI is InChI=1S/C22H20ClN3O2S/c1-27-21-13-16(14-24-26-22(29)25-18-8-3-2-4-9-18)11-12-20(21)28-15-17-7-5-6-10-19(17)23/h2-14H,15H2,1H3,(H2,25,26,29)/b24-14+. The molecule has 3 rings (SSSR count). The van der Waals surface area contributed by atoms with E-state index in [9.17, 15) is 0 Å². The highest BCUT2D eigenvalue weighted by atomic mass is 35.5. The first-order valence-electron chi connectivity index (χ1n) is 8.85. The number of benzene rings is 3. The number of ether oxygens (including phenoxy) is 2. The van der Waals surface area contributed by atoms with Crippen LogP contribution in [0.3, 0.4) is 0 Å². The van der Waals surface area contributed by atoms with Gasteiger partial charge in [-0.1, -0.05) is 48.0 Å². The Morgan fingerprint density at radius 2 is 1.79 bits per heavy atom. The fourth-order valence-corrected chi connectivity index (χ4v) is 2.86. The molecule has 0 atom stereocenters. The van der Waals surface area contributed by atoms with Crippen molar-refractivity contribution >= 4 is 40.8 Å². The summed E-state index contributed by atoms with van der Waals surface area (Å²) in [5.41, 5.74) is 5.42. The van der Waals surface area contributed by atoms with Gasteiger partial charge >= 0.3 is 0 Å². The van der Waals surface area contributed by atoms with E-state index < -0.39 is 0 Å². The number of thiocarbonyl (C=S) groups is 1. The molecule has 0 aliphatic rings. The van der Waals surface area contributed by atoms with Crippen LogP contribution in [0.25, 0.3) is 0 Å². The Hall–Kier alpha value is -3.09. The zero-order valence-electron chi connectivity index (χ0n) is 15.8. The lowest BCUT2D eigenvalue weighted by molar-refractivity contribution is 0.284. The van der Waals surface area contributed by atoms with Crippen molar-refractivity contribution in [1.82, 2.24) is 5.43 Å². The summed E-state index contributed by atoms with van der Waals surface area (Å²) in [4.78, 5) is 0. The molecule has 5 nitrogen and oxygen atoms in total. The molecule has 0 heterocycles. The van der Waals surface area contributed by atoms with Gasteiger partial charge in [-0.15, -0.1) is 0 Å². The highest BCUT2D eigenvalue weighted by Crippen LogP contribution is 2.29. The van der Waals surface area contributed by atoms with E-state index in [1.54, 1.807) is 13.3 Å². The van der Waals surface area contributed by atoms with Crippen LogP contribution in [0.4, 0.5) is 5.69 Å². The van der Waals surface area contributed by atoms with Crippen molar-refractivity contribution in [3.63, 3.8) is 0 Å². The van der Waals surface area contributed by atoms with Crippen LogP contribution >= 0.6 is 23.8 Å². The van der Waals surface area contributed by atoms with E-state index in [2.05, 4.69) is 15.8 Å². The summed E-state index contributed by atoms with van der Waals surface area (Å²) in [5, 5.41) is 8.27. The van der Waals surface area contributed by atoms with E-state index in [0.717, 1.165) is 16.8 Å². The van der Waals surface area contributed by atoms with Gasteiger partial charge in [-0.3, -0.25) is 5.43 Å². The van der Waals surface area contributed by atoms with E-state index in [1.807, 2.05) is 72.8 Å². The number of hydrazone groups is 1. The SMILES string of the molecule is COc1cc(/C=N/NC(=S)Nc2ccccc2)ccc1OCc1ccccc1Cl. The van der Waals surface area contributed by atoms with Crippen molar-refractivity contribution in [2.24, 2.45) is 5.10 Å². The van der Waals surface area contributed by atoms with E-state index in [1.165, 1.54) is 0 Å². The third kappa shape index (κ3) is 6.20. The maximum absolute atomic E-state index is 6.17. The normalized spacial score (nSPS) is 10.6. The first kappa shape index (κ1) is 20.6. The van der Waals surface area contributed by atoms with Crippen LogP contribution in [-0.4, -0.2) is 18.4 Å². The van der Waals surface area contributed by atoms with Crippen molar-refractivity contribution in [1.29, 1.82) is 0 Å². The van der Waals surface area contributed by atoms with Crippen molar-refractivity contribution in [3.05, 3.63) is 88.9 Å². The number of anilines is 1. The Labute approximate surface area is 180 Å². The Morgan fingerprint density at radius 1 is 1.03 bits per heavy atom. The lowest BCUT2D eigenvalue weighted by Crippen LogP contribution is -2.23. The van der Waals surface area contributed by atoms with Gasteiger partial charge in [-0.2, -0.15) is 5.10 Å². The van der Waals surface area contributed by atoms with Gasteiger partial charge in [0.2, 0.25) is 0 Å². The molecule has 0 saturated carbocycles. The van der Waals surface area contributed by atoms with Crippen molar-refractivity contribution < 1.29 is 9.47 Å². The molecule has 0 bridgehead atoms. The lowest BCUT2D eigenvalue weighted by Gasteiger charge is -2.12. The molecule has 0 aromatic heterocycles. The first-order valence-corrected chi connectivity index (χ1v) is 9.63. The molecule has 2 N–H and O–H groups in total. The van der Waals surface area contributed by atoms with Crippen LogP contribution in [-0.2, 0) is 6.61 Å².